The predicted octanol–water partition coefficient (Wildman–Crippen LogP) is -0.242. The number of rotatable bonds is 2. The highest BCUT2D eigenvalue weighted by Crippen LogP contribution is 1.72. The number of carbonyl (C=O) groups excluding carboxylic acids is 2. The standard InChI is InChI=1S/C4H4O4/c5-3-1-2-4(6)8-7/h1-3,7H. The van der Waals surface area contributed by atoms with Gasteiger partial charge >= 0.3 is 5.97 Å². The Labute approximate surface area is 45.3 Å². The van der Waals surface area contributed by atoms with Crippen LogP contribution in [0.1, 0.15) is 0 Å². The number of hydrogen-bond donors (Lipinski definition) is 1. The average molecular weight is 116 g/mol. The van der Waals surface area contributed by atoms with E-state index in [2.05, 4.69) is 4.89 Å². The average Bonchev–Trinajstić information content (AvgIpc) is 1.83. The summed E-state index contributed by atoms with van der Waals surface area (Å²) in [4.78, 5) is 22.5. The summed E-state index contributed by atoms with van der Waals surface area (Å²) in [5.74, 6) is -0.961. The van der Waals surface area contributed by atoms with E-state index in [0.29, 0.717) is 6.29 Å². The van der Waals surface area contributed by atoms with Crippen LogP contribution < -0.4 is 0 Å². The summed E-state index contributed by atoms with van der Waals surface area (Å²) in [7, 11) is 0. The Hall–Kier alpha value is -1.16. The van der Waals surface area contributed by atoms with Crippen LogP contribution in [0.25, 0.3) is 0 Å². The zero-order chi connectivity index (χ0) is 6.41. The molecule has 44 valence electrons. The van der Waals surface area contributed by atoms with Gasteiger partial charge in [0.2, 0.25) is 0 Å². The third-order valence-electron chi connectivity index (χ3n) is 0.401. The van der Waals surface area contributed by atoms with E-state index in [9.17, 15) is 9.59 Å². The van der Waals surface area contributed by atoms with Gasteiger partial charge in [0.05, 0.1) is 0 Å². The SMILES string of the molecule is O=CC=CC(=O)OO. The van der Waals surface area contributed by atoms with Crippen LogP contribution in [0, 0.1) is 0 Å². The van der Waals surface area contributed by atoms with Gasteiger partial charge in [0.25, 0.3) is 0 Å². The normalized spacial score (nSPS) is 9.12. The summed E-state index contributed by atoms with van der Waals surface area (Å²) in [6, 6.07) is 0. The minimum atomic E-state index is -0.961. The highest BCUT2D eigenvalue weighted by Gasteiger charge is 1.88. The molecule has 0 spiro atoms. The zero-order valence-corrected chi connectivity index (χ0v) is 3.90. The van der Waals surface area contributed by atoms with Crippen LogP contribution in [0.3, 0.4) is 0 Å². The molecule has 0 heterocycles. The zero-order valence-electron chi connectivity index (χ0n) is 3.90. The number of carbonyl (C=O) groups is 2. The Morgan fingerprint density at radius 2 is 2.25 bits per heavy atom. The molecule has 0 unspecified atom stereocenters. The van der Waals surface area contributed by atoms with E-state index in [1.54, 1.807) is 0 Å². The van der Waals surface area contributed by atoms with E-state index < -0.39 is 5.97 Å². The maximum Gasteiger partial charge on any atom is 0.365 e. The summed E-state index contributed by atoms with van der Waals surface area (Å²) < 4.78 is 0. The lowest BCUT2D eigenvalue weighted by molar-refractivity contribution is -0.228. The van der Waals surface area contributed by atoms with Crippen LogP contribution in [0.2, 0.25) is 0 Å². The third-order valence-corrected chi connectivity index (χ3v) is 0.401. The molecule has 0 aromatic rings. The molecule has 0 saturated carbocycles. The number of hydrogen-bond acceptors (Lipinski definition) is 4. The lowest BCUT2D eigenvalue weighted by atomic mass is 10.5. The van der Waals surface area contributed by atoms with E-state index >= 15 is 0 Å². The third kappa shape index (κ3) is 3.05. The molecule has 0 bridgehead atoms. The van der Waals surface area contributed by atoms with Crippen molar-refractivity contribution in [2.75, 3.05) is 0 Å². The summed E-state index contributed by atoms with van der Waals surface area (Å²) in [6.07, 6.45) is 2.11. The van der Waals surface area contributed by atoms with E-state index in [1.165, 1.54) is 0 Å². The lowest BCUT2D eigenvalue weighted by Gasteiger charge is -1.80. The Morgan fingerprint density at radius 1 is 1.62 bits per heavy atom. The Kier molecular flexibility index (Phi) is 3.43. The molecule has 0 rings (SSSR count). The van der Waals surface area contributed by atoms with E-state index in [0.717, 1.165) is 12.2 Å². The first-order valence-electron chi connectivity index (χ1n) is 1.78. The van der Waals surface area contributed by atoms with Gasteiger partial charge in [-0.05, 0) is 6.08 Å². The van der Waals surface area contributed by atoms with Crippen molar-refractivity contribution in [1.82, 2.24) is 0 Å². The van der Waals surface area contributed by atoms with Crippen molar-refractivity contribution < 1.29 is 19.7 Å². The summed E-state index contributed by atoms with van der Waals surface area (Å²) in [5, 5.41) is 7.54. The van der Waals surface area contributed by atoms with Gasteiger partial charge in [-0.1, -0.05) is 0 Å². The van der Waals surface area contributed by atoms with Gasteiger partial charge in [-0.3, -0.25) is 9.68 Å². The smallest absolute Gasteiger partial charge is 0.299 e. The molecule has 0 aliphatic carbocycles. The van der Waals surface area contributed by atoms with Crippen LogP contribution >= 0.6 is 0 Å². The summed E-state index contributed by atoms with van der Waals surface area (Å²) in [5.41, 5.74) is 0. The number of allylic oxidation sites excluding steroid dienone is 1. The van der Waals surface area contributed by atoms with Crippen molar-refractivity contribution in [1.29, 1.82) is 0 Å². The highest BCUT2D eigenvalue weighted by molar-refractivity contribution is 5.85. The molecule has 0 amide bonds. The molecule has 0 saturated heterocycles. The molecule has 0 atom stereocenters. The van der Waals surface area contributed by atoms with Gasteiger partial charge in [0, 0.05) is 6.08 Å². The fourth-order valence-electron chi connectivity index (χ4n) is 0.148. The van der Waals surface area contributed by atoms with Crippen molar-refractivity contribution in [3.05, 3.63) is 12.2 Å². The molecular formula is C4H4O4. The fraction of sp³-hybridized carbons (Fsp3) is 0. The Morgan fingerprint density at radius 3 is 2.62 bits per heavy atom. The Balaban J connectivity index is 3.52. The molecule has 8 heavy (non-hydrogen) atoms. The first kappa shape index (κ1) is 6.84. The van der Waals surface area contributed by atoms with Gasteiger partial charge < -0.3 is 0 Å². The van der Waals surface area contributed by atoms with Gasteiger partial charge in [0.15, 0.2) is 0 Å². The van der Waals surface area contributed by atoms with Crippen molar-refractivity contribution in [2.24, 2.45) is 0 Å². The fourth-order valence-corrected chi connectivity index (χ4v) is 0.148. The van der Waals surface area contributed by atoms with Gasteiger partial charge in [-0.2, -0.15) is 5.26 Å². The first-order valence-corrected chi connectivity index (χ1v) is 1.78. The molecule has 0 aromatic heterocycles. The molecule has 4 heteroatoms. The highest BCUT2D eigenvalue weighted by atomic mass is 17.1. The Bertz CT molecular complexity index is 115. The quantitative estimate of drug-likeness (QED) is 0.234. The largest absolute Gasteiger partial charge is 0.365 e. The topological polar surface area (TPSA) is 63.6 Å². The molecule has 0 aliphatic rings. The van der Waals surface area contributed by atoms with E-state index in [-0.39, 0.29) is 0 Å². The second-order valence-corrected chi connectivity index (χ2v) is 0.906. The first-order chi connectivity index (χ1) is 3.81. The molecule has 4 nitrogen and oxygen atoms in total. The second kappa shape index (κ2) is 4.01. The van der Waals surface area contributed by atoms with Crippen molar-refractivity contribution in [3.8, 4) is 0 Å². The maximum absolute atomic E-state index is 9.85. The molecular weight excluding hydrogens is 112 g/mol. The van der Waals surface area contributed by atoms with E-state index in [1.807, 2.05) is 0 Å². The summed E-state index contributed by atoms with van der Waals surface area (Å²) in [6.45, 7) is 0. The second-order valence-electron chi connectivity index (χ2n) is 0.906. The predicted molar refractivity (Wildman–Crippen MR) is 23.9 cm³/mol. The van der Waals surface area contributed by atoms with Crippen LogP contribution in [-0.4, -0.2) is 17.5 Å². The molecule has 0 aliphatic heterocycles. The molecule has 0 aromatic carbocycles. The maximum atomic E-state index is 9.85. The molecule has 0 radical (unpaired) electrons. The minimum absolute atomic E-state index is 0.400. The van der Waals surface area contributed by atoms with E-state index in [4.69, 9.17) is 5.26 Å². The van der Waals surface area contributed by atoms with Crippen LogP contribution in [-0.2, 0) is 14.5 Å². The molecule has 0 fully saturated rings. The molecule has 1 N–H and O–H groups in total. The monoisotopic (exact) mass is 116 g/mol. The van der Waals surface area contributed by atoms with Crippen LogP contribution in [0.5, 0.6) is 0 Å². The van der Waals surface area contributed by atoms with Gasteiger partial charge in [-0.25, -0.2) is 4.79 Å². The van der Waals surface area contributed by atoms with Crippen molar-refractivity contribution >= 4 is 12.3 Å². The van der Waals surface area contributed by atoms with Crippen LogP contribution in [0.15, 0.2) is 12.2 Å². The minimum Gasteiger partial charge on any atom is -0.299 e. The lowest BCUT2D eigenvalue weighted by Crippen LogP contribution is -1.93. The van der Waals surface area contributed by atoms with Crippen LogP contribution in [0.4, 0.5) is 0 Å². The summed E-state index contributed by atoms with van der Waals surface area (Å²) >= 11 is 0. The van der Waals surface area contributed by atoms with Crippen molar-refractivity contribution in [3.63, 3.8) is 0 Å². The van der Waals surface area contributed by atoms with Crippen molar-refractivity contribution in [2.45, 2.75) is 0 Å². The number of aldehydes is 1. The van der Waals surface area contributed by atoms with Gasteiger partial charge in [-0.15, -0.1) is 0 Å². The van der Waals surface area contributed by atoms with Gasteiger partial charge in [0.1, 0.15) is 6.29 Å².